The molecule has 0 fully saturated rings. The first kappa shape index (κ1) is 23.4. The number of rotatable bonds is 9. The highest BCUT2D eigenvalue weighted by Gasteiger charge is 2.15. The Morgan fingerprint density at radius 1 is 1.09 bits per heavy atom. The summed E-state index contributed by atoms with van der Waals surface area (Å²) in [6.07, 6.45) is 0. The maximum atomic E-state index is 12.9. The minimum Gasteiger partial charge on any atom is -0.479 e. The molecule has 3 rings (SSSR count). The third-order valence-corrected chi connectivity index (χ3v) is 4.85. The van der Waals surface area contributed by atoms with E-state index in [9.17, 15) is 9.59 Å². The summed E-state index contributed by atoms with van der Waals surface area (Å²) < 4.78 is 5.33. The lowest BCUT2D eigenvalue weighted by atomic mass is 10.1. The summed E-state index contributed by atoms with van der Waals surface area (Å²) in [7, 11) is 0. The summed E-state index contributed by atoms with van der Waals surface area (Å²) in [5.74, 6) is -1.32. The lowest BCUT2D eigenvalue weighted by Gasteiger charge is -2.16. The number of carboxylic acid groups (broad SMARTS) is 1. The molecule has 0 aliphatic carbocycles. The van der Waals surface area contributed by atoms with E-state index >= 15 is 0 Å². The minimum atomic E-state index is -1.12. The van der Waals surface area contributed by atoms with Crippen molar-refractivity contribution in [3.63, 3.8) is 0 Å². The van der Waals surface area contributed by atoms with Gasteiger partial charge < -0.3 is 31.9 Å². The number of nitrogens with one attached hydrogen (secondary N) is 3. The number of amidine groups is 1. The molecule has 9 nitrogen and oxygen atoms in total. The molecule has 3 aromatic carbocycles. The number of aliphatic carboxylic acids is 1. The zero-order valence-electron chi connectivity index (χ0n) is 17.4. The summed E-state index contributed by atoms with van der Waals surface area (Å²) in [5.41, 5.74) is 14.2. The van der Waals surface area contributed by atoms with Crippen LogP contribution >= 0.6 is 11.6 Å². The highest BCUT2D eigenvalue weighted by Crippen LogP contribution is 2.28. The molecule has 0 aliphatic rings. The van der Waals surface area contributed by atoms with Crippen molar-refractivity contribution in [2.75, 3.05) is 23.0 Å². The highest BCUT2D eigenvalue weighted by atomic mass is 35.5. The Bertz CT molecular complexity index is 1200. The number of carboxylic acids is 1. The molecule has 0 spiro atoms. The number of amides is 1. The van der Waals surface area contributed by atoms with E-state index in [1.54, 1.807) is 54.6 Å². The molecule has 0 radical (unpaired) electrons. The van der Waals surface area contributed by atoms with Gasteiger partial charge in [0.2, 0.25) is 0 Å². The van der Waals surface area contributed by atoms with Crippen molar-refractivity contribution >= 4 is 46.4 Å². The topological polar surface area (TPSA) is 164 Å². The van der Waals surface area contributed by atoms with Crippen LogP contribution in [0.1, 0.15) is 21.5 Å². The number of carbonyl (C=O) groups excluding carboxylic acids is 1. The summed E-state index contributed by atoms with van der Waals surface area (Å²) >= 11 is 6.12. The maximum Gasteiger partial charge on any atom is 0.341 e. The van der Waals surface area contributed by atoms with Gasteiger partial charge in [0.15, 0.2) is 6.61 Å². The molecule has 0 unspecified atom stereocenters. The Morgan fingerprint density at radius 2 is 1.82 bits per heavy atom. The maximum absolute atomic E-state index is 12.9. The first-order chi connectivity index (χ1) is 15.7. The summed E-state index contributed by atoms with van der Waals surface area (Å²) in [4.78, 5) is 23.8. The number of nitrogen functional groups attached to an aromatic ring is 2. The van der Waals surface area contributed by atoms with Gasteiger partial charge in [-0.3, -0.25) is 10.2 Å². The summed E-state index contributed by atoms with van der Waals surface area (Å²) in [5, 5.41) is 22.7. The van der Waals surface area contributed by atoms with E-state index in [2.05, 4.69) is 10.6 Å². The molecule has 0 aromatic heterocycles. The van der Waals surface area contributed by atoms with Gasteiger partial charge >= 0.3 is 5.97 Å². The number of anilines is 3. The van der Waals surface area contributed by atoms with Crippen molar-refractivity contribution in [3.05, 3.63) is 82.4 Å². The Labute approximate surface area is 194 Å². The van der Waals surface area contributed by atoms with E-state index in [0.717, 1.165) is 0 Å². The first-order valence-electron chi connectivity index (χ1n) is 9.76. The van der Waals surface area contributed by atoms with Crippen LogP contribution in [0.25, 0.3) is 0 Å². The van der Waals surface area contributed by atoms with Crippen LogP contribution in [0.15, 0.2) is 60.7 Å². The number of hydrogen-bond donors (Lipinski definition) is 6. The first-order valence-corrected chi connectivity index (χ1v) is 10.1. The predicted octanol–water partition coefficient (Wildman–Crippen LogP) is 3.53. The monoisotopic (exact) mass is 467 g/mol. The second kappa shape index (κ2) is 10.4. The van der Waals surface area contributed by atoms with Gasteiger partial charge in [0.05, 0.1) is 11.3 Å². The fourth-order valence-electron chi connectivity index (χ4n) is 3.03. The standard InChI is InChI=1S/C23H22ClN5O4/c24-15-6-9-19(28-11-14-2-1-3-18(25)21(14)33-12-20(30)31)17(10-15)23(32)29-16-7-4-13(5-8-16)22(26)27/h1-10,28H,11-12,25H2,(H3,26,27)(H,29,32)(H,30,31). The molecule has 3 aromatic rings. The van der Waals surface area contributed by atoms with Gasteiger partial charge in [-0.15, -0.1) is 0 Å². The molecule has 0 saturated carbocycles. The molecule has 10 heteroatoms. The zero-order valence-corrected chi connectivity index (χ0v) is 18.1. The van der Waals surface area contributed by atoms with Gasteiger partial charge in [0.25, 0.3) is 5.91 Å². The summed E-state index contributed by atoms with van der Waals surface area (Å²) in [6, 6.07) is 16.5. The molecule has 33 heavy (non-hydrogen) atoms. The fraction of sp³-hybridized carbons (Fsp3) is 0.0870. The van der Waals surface area contributed by atoms with Gasteiger partial charge in [-0.2, -0.15) is 0 Å². The Balaban J connectivity index is 1.79. The quantitative estimate of drug-likeness (QED) is 0.159. The van der Waals surface area contributed by atoms with E-state index in [4.69, 9.17) is 38.3 Å². The molecule has 0 bridgehead atoms. The number of para-hydroxylation sites is 1. The van der Waals surface area contributed by atoms with Gasteiger partial charge in [0, 0.05) is 34.1 Å². The number of hydrogen-bond acceptors (Lipinski definition) is 6. The van der Waals surface area contributed by atoms with Crippen molar-refractivity contribution in [2.45, 2.75) is 6.54 Å². The van der Waals surface area contributed by atoms with E-state index < -0.39 is 18.5 Å². The van der Waals surface area contributed by atoms with Crippen LogP contribution in [0.3, 0.4) is 0 Å². The van der Waals surface area contributed by atoms with Crippen LogP contribution in [0.2, 0.25) is 5.02 Å². The lowest BCUT2D eigenvalue weighted by molar-refractivity contribution is -0.139. The second-order valence-corrected chi connectivity index (χ2v) is 7.44. The molecular weight excluding hydrogens is 446 g/mol. The number of halogens is 1. The number of carbonyl (C=O) groups is 2. The average Bonchev–Trinajstić information content (AvgIpc) is 2.77. The normalized spacial score (nSPS) is 10.3. The van der Waals surface area contributed by atoms with Crippen molar-refractivity contribution < 1.29 is 19.4 Å². The van der Waals surface area contributed by atoms with Gasteiger partial charge in [-0.05, 0) is 48.5 Å². The van der Waals surface area contributed by atoms with Crippen LogP contribution in [0.4, 0.5) is 17.1 Å². The van der Waals surface area contributed by atoms with Crippen LogP contribution in [0, 0.1) is 5.41 Å². The van der Waals surface area contributed by atoms with E-state index in [1.807, 2.05) is 0 Å². The average molecular weight is 468 g/mol. The van der Waals surface area contributed by atoms with Crippen molar-refractivity contribution in [1.82, 2.24) is 0 Å². The SMILES string of the molecule is N=C(N)c1ccc(NC(=O)c2cc(Cl)ccc2NCc2cccc(N)c2OCC(=O)O)cc1. The number of benzene rings is 3. The van der Waals surface area contributed by atoms with E-state index in [1.165, 1.54) is 6.07 Å². The van der Waals surface area contributed by atoms with Crippen molar-refractivity contribution in [2.24, 2.45) is 5.73 Å². The minimum absolute atomic E-state index is 0.0672. The van der Waals surface area contributed by atoms with Crippen LogP contribution in [0.5, 0.6) is 5.75 Å². The molecule has 0 heterocycles. The summed E-state index contributed by atoms with van der Waals surface area (Å²) in [6.45, 7) is -0.312. The van der Waals surface area contributed by atoms with Crippen molar-refractivity contribution in [1.29, 1.82) is 5.41 Å². The third kappa shape index (κ3) is 6.14. The van der Waals surface area contributed by atoms with Crippen LogP contribution in [-0.4, -0.2) is 29.4 Å². The Hall–Kier alpha value is -4.24. The van der Waals surface area contributed by atoms with Gasteiger partial charge in [-0.1, -0.05) is 23.7 Å². The molecule has 0 saturated heterocycles. The van der Waals surface area contributed by atoms with Crippen LogP contribution in [-0.2, 0) is 11.3 Å². The van der Waals surface area contributed by atoms with Gasteiger partial charge in [0.1, 0.15) is 11.6 Å². The highest BCUT2D eigenvalue weighted by molar-refractivity contribution is 6.31. The van der Waals surface area contributed by atoms with Crippen molar-refractivity contribution in [3.8, 4) is 5.75 Å². The Morgan fingerprint density at radius 3 is 2.48 bits per heavy atom. The van der Waals surface area contributed by atoms with Gasteiger partial charge in [-0.25, -0.2) is 4.79 Å². The number of nitrogens with two attached hydrogens (primary N) is 2. The molecular formula is C23H22ClN5O4. The van der Waals surface area contributed by atoms with E-state index in [0.29, 0.717) is 38.8 Å². The molecule has 0 aliphatic heterocycles. The zero-order chi connectivity index (χ0) is 24.0. The predicted molar refractivity (Wildman–Crippen MR) is 128 cm³/mol. The largest absolute Gasteiger partial charge is 0.479 e. The molecule has 1 amide bonds. The molecule has 0 atom stereocenters. The van der Waals surface area contributed by atoms with E-state index in [-0.39, 0.29) is 18.1 Å². The lowest BCUT2D eigenvalue weighted by Crippen LogP contribution is -2.16. The molecule has 8 N–H and O–H groups in total. The third-order valence-electron chi connectivity index (χ3n) is 4.62. The fourth-order valence-corrected chi connectivity index (χ4v) is 3.21. The smallest absolute Gasteiger partial charge is 0.341 e. The second-order valence-electron chi connectivity index (χ2n) is 7.01. The molecule has 170 valence electrons. The number of ether oxygens (including phenoxy) is 1. The Kier molecular flexibility index (Phi) is 7.37. The van der Waals surface area contributed by atoms with Crippen LogP contribution < -0.4 is 26.8 Å².